The summed E-state index contributed by atoms with van der Waals surface area (Å²) in [5.74, 6) is -0.0959. The van der Waals surface area contributed by atoms with E-state index in [9.17, 15) is 14.7 Å². The lowest BCUT2D eigenvalue weighted by molar-refractivity contribution is -0.137. The summed E-state index contributed by atoms with van der Waals surface area (Å²) < 4.78 is 10.5. The highest BCUT2D eigenvalue weighted by atomic mass is 32.1. The maximum absolute atomic E-state index is 12.8. The molecular formula is C18H22N2O5S. The van der Waals surface area contributed by atoms with Gasteiger partial charge < -0.3 is 19.5 Å². The third-order valence-electron chi connectivity index (χ3n) is 3.63. The molecule has 2 rings (SSSR count). The quantitative estimate of drug-likeness (QED) is 0.760. The fourth-order valence-electron chi connectivity index (χ4n) is 2.35. The number of carboxylic acid groups (broad SMARTS) is 1. The SMILES string of the molecule is COc1cc(CN(CC(=O)O)C(=O)c2cnc(C(C)C)s2)cc(OC)c1. The Balaban J connectivity index is 2.29. The molecule has 1 amide bonds. The molecule has 1 heterocycles. The van der Waals surface area contributed by atoms with E-state index in [2.05, 4.69) is 4.98 Å². The van der Waals surface area contributed by atoms with Gasteiger partial charge in [0.1, 0.15) is 22.9 Å². The highest BCUT2D eigenvalue weighted by molar-refractivity contribution is 7.13. The van der Waals surface area contributed by atoms with Gasteiger partial charge >= 0.3 is 5.97 Å². The number of ether oxygens (including phenoxy) is 2. The molecule has 0 radical (unpaired) electrons. The summed E-state index contributed by atoms with van der Waals surface area (Å²) in [4.78, 5) is 30.0. The van der Waals surface area contributed by atoms with Crippen LogP contribution in [0.3, 0.4) is 0 Å². The number of nitrogens with zero attached hydrogens (tertiary/aromatic N) is 2. The Kier molecular flexibility index (Phi) is 6.57. The van der Waals surface area contributed by atoms with Crippen molar-refractivity contribution in [3.05, 3.63) is 39.8 Å². The number of hydrogen-bond acceptors (Lipinski definition) is 6. The minimum atomic E-state index is -1.08. The van der Waals surface area contributed by atoms with E-state index in [0.29, 0.717) is 21.9 Å². The summed E-state index contributed by atoms with van der Waals surface area (Å²) >= 11 is 1.29. The van der Waals surface area contributed by atoms with E-state index in [0.717, 1.165) is 5.01 Å². The van der Waals surface area contributed by atoms with Crippen LogP contribution in [-0.4, -0.2) is 47.6 Å². The van der Waals surface area contributed by atoms with Crippen LogP contribution < -0.4 is 9.47 Å². The maximum Gasteiger partial charge on any atom is 0.323 e. The number of aromatic nitrogens is 1. The van der Waals surface area contributed by atoms with Gasteiger partial charge in [0.15, 0.2) is 0 Å². The molecule has 26 heavy (non-hydrogen) atoms. The molecule has 140 valence electrons. The van der Waals surface area contributed by atoms with Crippen molar-refractivity contribution >= 4 is 23.2 Å². The van der Waals surface area contributed by atoms with Gasteiger partial charge in [-0.15, -0.1) is 11.3 Å². The second kappa shape index (κ2) is 8.66. The summed E-state index contributed by atoms with van der Waals surface area (Å²) in [6.45, 7) is 3.69. The predicted octanol–water partition coefficient (Wildman–Crippen LogP) is 3.01. The third-order valence-corrected chi connectivity index (χ3v) is 4.91. The molecule has 1 aromatic carbocycles. The number of carboxylic acids is 1. The number of methoxy groups -OCH3 is 2. The minimum absolute atomic E-state index is 0.119. The highest BCUT2D eigenvalue weighted by Crippen LogP contribution is 2.25. The molecule has 0 fully saturated rings. The molecule has 0 spiro atoms. The zero-order valence-electron chi connectivity index (χ0n) is 15.2. The van der Waals surface area contributed by atoms with Gasteiger partial charge in [0, 0.05) is 18.5 Å². The fraction of sp³-hybridized carbons (Fsp3) is 0.389. The van der Waals surface area contributed by atoms with Crippen LogP contribution in [0.4, 0.5) is 0 Å². The van der Waals surface area contributed by atoms with E-state index in [4.69, 9.17) is 9.47 Å². The first-order chi connectivity index (χ1) is 12.3. The van der Waals surface area contributed by atoms with Gasteiger partial charge in [-0.1, -0.05) is 13.8 Å². The van der Waals surface area contributed by atoms with Crippen LogP contribution >= 0.6 is 11.3 Å². The molecule has 1 aromatic heterocycles. The van der Waals surface area contributed by atoms with Crippen molar-refractivity contribution in [2.45, 2.75) is 26.3 Å². The van der Waals surface area contributed by atoms with Crippen LogP contribution in [0.5, 0.6) is 11.5 Å². The van der Waals surface area contributed by atoms with Crippen molar-refractivity contribution in [1.82, 2.24) is 9.88 Å². The molecule has 8 heteroatoms. The van der Waals surface area contributed by atoms with E-state index in [-0.39, 0.29) is 18.4 Å². The van der Waals surface area contributed by atoms with Gasteiger partial charge in [0.05, 0.1) is 25.4 Å². The molecule has 2 aromatic rings. The highest BCUT2D eigenvalue weighted by Gasteiger charge is 2.22. The number of thiazole rings is 1. The van der Waals surface area contributed by atoms with E-state index < -0.39 is 12.5 Å². The average molecular weight is 378 g/mol. The van der Waals surface area contributed by atoms with Crippen molar-refractivity contribution in [3.63, 3.8) is 0 Å². The number of aliphatic carboxylic acids is 1. The molecule has 7 nitrogen and oxygen atoms in total. The zero-order valence-corrected chi connectivity index (χ0v) is 16.0. The Hall–Kier alpha value is -2.61. The van der Waals surface area contributed by atoms with Crippen LogP contribution in [0.25, 0.3) is 0 Å². The zero-order chi connectivity index (χ0) is 19.3. The molecule has 0 saturated heterocycles. The Bertz CT molecular complexity index is 765. The molecule has 0 saturated carbocycles. The number of hydrogen-bond donors (Lipinski definition) is 1. The smallest absolute Gasteiger partial charge is 0.323 e. The van der Waals surface area contributed by atoms with Crippen LogP contribution in [0.1, 0.15) is 40.0 Å². The van der Waals surface area contributed by atoms with Gasteiger partial charge in [-0.3, -0.25) is 9.59 Å². The minimum Gasteiger partial charge on any atom is -0.497 e. The first-order valence-electron chi connectivity index (χ1n) is 8.02. The number of carbonyl (C=O) groups excluding carboxylic acids is 1. The van der Waals surface area contributed by atoms with Crippen LogP contribution in [0.2, 0.25) is 0 Å². The summed E-state index contributed by atoms with van der Waals surface area (Å²) in [6, 6.07) is 5.21. The Morgan fingerprint density at radius 2 is 1.81 bits per heavy atom. The van der Waals surface area contributed by atoms with E-state index in [1.165, 1.54) is 36.7 Å². The Labute approximate surface area is 156 Å². The number of amides is 1. The van der Waals surface area contributed by atoms with Gasteiger partial charge in [-0.25, -0.2) is 4.98 Å². The van der Waals surface area contributed by atoms with E-state index in [1.807, 2.05) is 13.8 Å². The second-order valence-electron chi connectivity index (χ2n) is 5.99. The molecular weight excluding hydrogens is 356 g/mol. The summed E-state index contributed by atoms with van der Waals surface area (Å²) in [5, 5.41) is 10.0. The van der Waals surface area contributed by atoms with Gasteiger partial charge in [-0.2, -0.15) is 0 Å². The average Bonchev–Trinajstić information content (AvgIpc) is 3.10. The van der Waals surface area contributed by atoms with Crippen molar-refractivity contribution in [3.8, 4) is 11.5 Å². The van der Waals surface area contributed by atoms with Crippen LogP contribution in [-0.2, 0) is 11.3 Å². The Morgan fingerprint density at radius 1 is 1.19 bits per heavy atom. The summed E-state index contributed by atoms with van der Waals surface area (Å²) in [5.41, 5.74) is 0.712. The normalized spacial score (nSPS) is 10.7. The molecule has 1 N–H and O–H groups in total. The molecule has 0 atom stereocenters. The van der Waals surface area contributed by atoms with Crippen LogP contribution in [0, 0.1) is 0 Å². The van der Waals surface area contributed by atoms with Gasteiger partial charge in [0.2, 0.25) is 0 Å². The number of benzene rings is 1. The lowest BCUT2D eigenvalue weighted by Gasteiger charge is -2.20. The third kappa shape index (κ3) is 4.95. The second-order valence-corrected chi connectivity index (χ2v) is 7.06. The molecule has 0 aliphatic carbocycles. The topological polar surface area (TPSA) is 89.0 Å². The van der Waals surface area contributed by atoms with Crippen molar-refractivity contribution in [1.29, 1.82) is 0 Å². The Morgan fingerprint density at radius 3 is 2.27 bits per heavy atom. The first kappa shape index (κ1) is 19.7. The first-order valence-corrected chi connectivity index (χ1v) is 8.84. The van der Waals surface area contributed by atoms with Gasteiger partial charge in [0.25, 0.3) is 5.91 Å². The lowest BCUT2D eigenvalue weighted by Crippen LogP contribution is -2.34. The standard InChI is InChI=1S/C18H22N2O5S/c1-11(2)17-19-8-15(26-17)18(23)20(10-16(21)22)9-12-5-13(24-3)7-14(6-12)25-4/h5-8,11H,9-10H2,1-4H3,(H,21,22). The molecule has 0 bridgehead atoms. The summed E-state index contributed by atoms with van der Waals surface area (Å²) in [7, 11) is 3.06. The number of rotatable bonds is 8. The van der Waals surface area contributed by atoms with Crippen LogP contribution in [0.15, 0.2) is 24.4 Å². The molecule has 0 aliphatic rings. The monoisotopic (exact) mass is 378 g/mol. The molecule has 0 unspecified atom stereocenters. The lowest BCUT2D eigenvalue weighted by atomic mass is 10.2. The predicted molar refractivity (Wildman–Crippen MR) is 98.1 cm³/mol. The maximum atomic E-state index is 12.8. The molecule has 0 aliphatic heterocycles. The van der Waals surface area contributed by atoms with Crippen molar-refractivity contribution in [2.24, 2.45) is 0 Å². The van der Waals surface area contributed by atoms with E-state index in [1.54, 1.807) is 18.2 Å². The van der Waals surface area contributed by atoms with Gasteiger partial charge in [-0.05, 0) is 17.7 Å². The number of carbonyl (C=O) groups is 2. The van der Waals surface area contributed by atoms with Crippen molar-refractivity contribution < 1.29 is 24.2 Å². The summed E-state index contributed by atoms with van der Waals surface area (Å²) in [6.07, 6.45) is 1.50. The fourth-order valence-corrected chi connectivity index (χ4v) is 3.24. The largest absolute Gasteiger partial charge is 0.497 e. The van der Waals surface area contributed by atoms with E-state index >= 15 is 0 Å². The van der Waals surface area contributed by atoms with Crippen molar-refractivity contribution in [2.75, 3.05) is 20.8 Å².